The van der Waals surface area contributed by atoms with Gasteiger partial charge in [0.1, 0.15) is 0 Å². The summed E-state index contributed by atoms with van der Waals surface area (Å²) in [6, 6.07) is 7.80. The van der Waals surface area contributed by atoms with Crippen LogP contribution in [0.4, 0.5) is 0 Å². The Morgan fingerprint density at radius 1 is 1.21 bits per heavy atom. The van der Waals surface area contributed by atoms with Crippen molar-refractivity contribution in [1.82, 2.24) is 0 Å². The van der Waals surface area contributed by atoms with Crippen LogP contribution < -0.4 is 0 Å². The van der Waals surface area contributed by atoms with Gasteiger partial charge in [-0.3, -0.25) is 0 Å². The first kappa shape index (κ1) is 12.9. The molecule has 14 heavy (non-hydrogen) atoms. The van der Waals surface area contributed by atoms with Gasteiger partial charge in [-0.25, -0.2) is 0 Å². The van der Waals surface area contributed by atoms with Gasteiger partial charge in [0.05, 0.1) is 17.7 Å². The monoisotopic (exact) mass is 284 g/mol. The lowest BCUT2D eigenvalue weighted by Gasteiger charge is -1.99. The summed E-state index contributed by atoms with van der Waals surface area (Å²) >= 11 is 7.18. The van der Waals surface area contributed by atoms with Crippen molar-refractivity contribution in [3.8, 4) is 0 Å². The zero-order chi connectivity index (χ0) is 10.2. The van der Waals surface area contributed by atoms with Crippen molar-refractivity contribution in [2.45, 2.75) is 11.8 Å². The Bertz CT molecular complexity index is 254. The van der Waals surface area contributed by atoms with Gasteiger partial charge in [-0.2, -0.15) is 0 Å². The van der Waals surface area contributed by atoms with Crippen molar-refractivity contribution >= 4 is 53.1 Å². The van der Waals surface area contributed by atoms with Crippen LogP contribution in [-0.4, -0.2) is 6.61 Å². The average molecular weight is 285 g/mol. The standard InChI is InChI=1S/C8H9ClOS4/c1-2-10-12-14-13-11-8-5-3-7(9)4-6-8/h3-6H,2H2,1H3. The topological polar surface area (TPSA) is 9.23 Å². The first-order valence-corrected chi connectivity index (χ1v) is 9.00. The Morgan fingerprint density at radius 2 is 1.93 bits per heavy atom. The van der Waals surface area contributed by atoms with E-state index in [1.807, 2.05) is 31.2 Å². The van der Waals surface area contributed by atoms with Gasteiger partial charge in [-0.05, 0) is 51.8 Å². The summed E-state index contributed by atoms with van der Waals surface area (Å²) in [6.45, 7) is 2.72. The normalized spacial score (nSPS) is 10.4. The highest BCUT2D eigenvalue weighted by Crippen LogP contribution is 2.46. The molecule has 0 aliphatic heterocycles. The summed E-state index contributed by atoms with van der Waals surface area (Å²) in [4.78, 5) is 1.20. The highest BCUT2D eigenvalue weighted by Gasteiger charge is 1.96. The highest BCUT2D eigenvalue weighted by molar-refractivity contribution is 9.25. The maximum Gasteiger partial charge on any atom is 0.0748 e. The van der Waals surface area contributed by atoms with E-state index in [1.165, 1.54) is 16.0 Å². The van der Waals surface area contributed by atoms with Gasteiger partial charge < -0.3 is 4.18 Å². The van der Waals surface area contributed by atoms with Crippen LogP contribution >= 0.6 is 53.1 Å². The molecule has 1 nitrogen and oxygen atoms in total. The fraction of sp³-hybridized carbons (Fsp3) is 0.250. The van der Waals surface area contributed by atoms with E-state index in [2.05, 4.69) is 0 Å². The minimum absolute atomic E-state index is 0.740. The van der Waals surface area contributed by atoms with Gasteiger partial charge in [-0.1, -0.05) is 11.6 Å². The third kappa shape index (κ3) is 5.68. The van der Waals surface area contributed by atoms with Crippen molar-refractivity contribution in [3.05, 3.63) is 29.3 Å². The lowest BCUT2D eigenvalue weighted by Crippen LogP contribution is -1.70. The lowest BCUT2D eigenvalue weighted by atomic mass is 10.4. The van der Waals surface area contributed by atoms with Crippen molar-refractivity contribution in [2.24, 2.45) is 0 Å². The third-order valence-corrected chi connectivity index (χ3v) is 6.91. The molecule has 0 spiro atoms. The minimum atomic E-state index is 0.740. The summed E-state index contributed by atoms with van der Waals surface area (Å²) < 4.78 is 5.11. The molecule has 0 N–H and O–H groups in total. The van der Waals surface area contributed by atoms with E-state index < -0.39 is 0 Å². The molecule has 1 rings (SSSR count). The molecule has 0 amide bonds. The molecule has 0 radical (unpaired) electrons. The van der Waals surface area contributed by atoms with Crippen LogP contribution in [0.5, 0.6) is 0 Å². The lowest BCUT2D eigenvalue weighted by molar-refractivity contribution is 0.408. The van der Waals surface area contributed by atoms with Crippen molar-refractivity contribution in [3.63, 3.8) is 0 Å². The molecule has 1 aromatic carbocycles. The first-order valence-electron chi connectivity index (χ1n) is 3.88. The van der Waals surface area contributed by atoms with Gasteiger partial charge in [-0.15, -0.1) is 0 Å². The molecular formula is C8H9ClOS4. The molecule has 0 fully saturated rings. The Balaban J connectivity index is 2.15. The van der Waals surface area contributed by atoms with Crippen molar-refractivity contribution in [2.75, 3.05) is 6.61 Å². The van der Waals surface area contributed by atoms with E-state index in [0.29, 0.717) is 0 Å². The Hall–Kier alpha value is 0.870. The molecule has 0 saturated heterocycles. The first-order chi connectivity index (χ1) is 6.83. The maximum absolute atomic E-state index is 5.77. The van der Waals surface area contributed by atoms with E-state index in [4.69, 9.17) is 15.8 Å². The second-order valence-corrected chi connectivity index (χ2v) is 8.04. The molecule has 0 aromatic heterocycles. The van der Waals surface area contributed by atoms with Crippen molar-refractivity contribution < 1.29 is 4.18 Å². The Kier molecular flexibility index (Phi) is 7.46. The zero-order valence-corrected chi connectivity index (χ0v) is 11.5. The second kappa shape index (κ2) is 8.07. The summed E-state index contributed by atoms with van der Waals surface area (Å²) in [5, 5.41) is 0.774. The van der Waals surface area contributed by atoms with Gasteiger partial charge in [0, 0.05) is 19.7 Å². The van der Waals surface area contributed by atoms with E-state index in [9.17, 15) is 0 Å². The highest BCUT2D eigenvalue weighted by atomic mass is 35.5. The average Bonchev–Trinajstić information content (AvgIpc) is 2.21. The van der Waals surface area contributed by atoms with Crippen LogP contribution in [0, 0.1) is 0 Å². The maximum atomic E-state index is 5.77. The van der Waals surface area contributed by atoms with E-state index in [-0.39, 0.29) is 0 Å². The number of rotatable bonds is 6. The molecule has 1 aromatic rings. The van der Waals surface area contributed by atoms with Crippen LogP contribution in [0.15, 0.2) is 29.2 Å². The number of hydrogen-bond donors (Lipinski definition) is 0. The quantitative estimate of drug-likeness (QED) is 0.395. The molecule has 0 heterocycles. The van der Waals surface area contributed by atoms with Gasteiger partial charge in [0.2, 0.25) is 0 Å². The second-order valence-electron chi connectivity index (χ2n) is 2.15. The molecular weight excluding hydrogens is 276 g/mol. The molecule has 0 aliphatic carbocycles. The smallest absolute Gasteiger partial charge is 0.0748 e. The fourth-order valence-corrected chi connectivity index (χ4v) is 5.26. The summed E-state index contributed by atoms with van der Waals surface area (Å²) in [5.74, 6) is 0. The molecule has 6 heteroatoms. The Morgan fingerprint density at radius 3 is 2.57 bits per heavy atom. The fourth-order valence-electron chi connectivity index (χ4n) is 0.622. The van der Waals surface area contributed by atoms with Gasteiger partial charge in [0.25, 0.3) is 0 Å². The summed E-state index contributed by atoms with van der Waals surface area (Å²) in [5.41, 5.74) is 0. The number of hydrogen-bond acceptors (Lipinski definition) is 5. The van der Waals surface area contributed by atoms with Crippen LogP contribution in [0.25, 0.3) is 0 Å². The van der Waals surface area contributed by atoms with Crippen LogP contribution in [0.1, 0.15) is 6.92 Å². The van der Waals surface area contributed by atoms with E-state index >= 15 is 0 Å². The van der Waals surface area contributed by atoms with Gasteiger partial charge in [0.15, 0.2) is 0 Å². The molecule has 0 unspecified atom stereocenters. The Labute approximate surface area is 104 Å². The van der Waals surface area contributed by atoms with Gasteiger partial charge >= 0.3 is 0 Å². The summed E-state index contributed by atoms with van der Waals surface area (Å²) in [6.07, 6.45) is 0. The largest absolute Gasteiger partial charge is 0.305 e. The van der Waals surface area contributed by atoms with Crippen molar-refractivity contribution in [1.29, 1.82) is 0 Å². The minimum Gasteiger partial charge on any atom is -0.305 e. The van der Waals surface area contributed by atoms with Crippen LogP contribution in [-0.2, 0) is 4.18 Å². The van der Waals surface area contributed by atoms with Crippen LogP contribution in [0.3, 0.4) is 0 Å². The molecule has 0 aliphatic rings. The molecule has 78 valence electrons. The number of benzene rings is 1. The van der Waals surface area contributed by atoms with Crippen LogP contribution in [0.2, 0.25) is 5.02 Å². The van der Waals surface area contributed by atoms with E-state index in [1.54, 1.807) is 30.4 Å². The number of halogens is 1. The predicted octanol–water partition coefficient (Wildman–Crippen LogP) is 5.33. The predicted molar refractivity (Wildman–Crippen MR) is 71.7 cm³/mol. The summed E-state index contributed by atoms with van der Waals surface area (Å²) in [7, 11) is 5.00. The van der Waals surface area contributed by atoms with E-state index in [0.717, 1.165) is 11.6 Å². The SMILES string of the molecule is CCOSSSSc1ccc(Cl)cc1. The molecule has 0 saturated carbocycles. The third-order valence-electron chi connectivity index (χ3n) is 1.17. The molecule has 0 atom stereocenters. The zero-order valence-electron chi connectivity index (χ0n) is 7.44. The molecule has 0 bridgehead atoms.